The number of hydrogen-bond acceptors (Lipinski definition) is 2. The second-order valence-electron chi connectivity index (χ2n) is 5.53. The Labute approximate surface area is 114 Å². The number of ether oxygens (including phenoxy) is 1. The first-order valence-electron chi connectivity index (χ1n) is 6.83. The van der Waals surface area contributed by atoms with Crippen molar-refractivity contribution in [1.82, 2.24) is 4.98 Å². The minimum absolute atomic E-state index is 0.156. The predicted octanol–water partition coefficient (Wildman–Crippen LogP) is 3.95. The van der Waals surface area contributed by atoms with Crippen LogP contribution in [0, 0.1) is 0 Å². The van der Waals surface area contributed by atoms with Gasteiger partial charge in [-0.05, 0) is 36.6 Å². The number of pyridine rings is 1. The van der Waals surface area contributed by atoms with Gasteiger partial charge in [-0.25, -0.2) is 0 Å². The lowest BCUT2D eigenvalue weighted by Crippen LogP contribution is -2.31. The van der Waals surface area contributed by atoms with Crippen LogP contribution in [-0.2, 0) is 10.2 Å². The van der Waals surface area contributed by atoms with Crippen molar-refractivity contribution in [3.8, 4) is 0 Å². The second kappa shape index (κ2) is 4.78. The zero-order valence-electron chi connectivity index (χ0n) is 11.4. The van der Waals surface area contributed by atoms with Crippen molar-refractivity contribution in [2.75, 3.05) is 13.2 Å². The van der Waals surface area contributed by atoms with E-state index in [1.807, 2.05) is 6.08 Å². The first kappa shape index (κ1) is 12.4. The average molecular weight is 253 g/mol. The van der Waals surface area contributed by atoms with Crippen molar-refractivity contribution in [1.29, 1.82) is 0 Å². The Morgan fingerprint density at radius 3 is 2.74 bits per heavy atom. The summed E-state index contributed by atoms with van der Waals surface area (Å²) in [6.45, 7) is 7.78. The van der Waals surface area contributed by atoms with Crippen LogP contribution in [0.2, 0.25) is 0 Å². The summed E-state index contributed by atoms with van der Waals surface area (Å²) >= 11 is 0. The Balaban J connectivity index is 2.04. The molecule has 19 heavy (non-hydrogen) atoms. The Morgan fingerprint density at radius 2 is 2.00 bits per heavy atom. The van der Waals surface area contributed by atoms with E-state index in [2.05, 4.69) is 43.8 Å². The fourth-order valence-electron chi connectivity index (χ4n) is 2.69. The summed E-state index contributed by atoms with van der Waals surface area (Å²) < 4.78 is 5.47. The SMILES string of the molecule is C=Cc1ccc2nc(C3(C)CCOCC3)ccc2c1. The molecule has 0 unspecified atom stereocenters. The molecule has 2 heteroatoms. The van der Waals surface area contributed by atoms with E-state index < -0.39 is 0 Å². The maximum atomic E-state index is 5.47. The third-order valence-electron chi connectivity index (χ3n) is 4.16. The summed E-state index contributed by atoms with van der Waals surface area (Å²) in [5, 5.41) is 1.18. The largest absolute Gasteiger partial charge is 0.381 e. The lowest BCUT2D eigenvalue weighted by atomic mass is 9.79. The normalized spacial score (nSPS) is 18.4. The summed E-state index contributed by atoms with van der Waals surface area (Å²) in [6.07, 6.45) is 3.97. The lowest BCUT2D eigenvalue weighted by Gasteiger charge is -2.33. The van der Waals surface area contributed by atoms with E-state index >= 15 is 0 Å². The van der Waals surface area contributed by atoms with Gasteiger partial charge in [0.1, 0.15) is 0 Å². The topological polar surface area (TPSA) is 22.1 Å². The third kappa shape index (κ3) is 2.28. The third-order valence-corrected chi connectivity index (χ3v) is 4.16. The van der Waals surface area contributed by atoms with E-state index in [0.29, 0.717) is 0 Å². The van der Waals surface area contributed by atoms with Gasteiger partial charge in [0.2, 0.25) is 0 Å². The summed E-state index contributed by atoms with van der Waals surface area (Å²) in [6, 6.07) is 10.6. The highest BCUT2D eigenvalue weighted by Crippen LogP contribution is 2.33. The van der Waals surface area contributed by atoms with Gasteiger partial charge in [-0.15, -0.1) is 0 Å². The van der Waals surface area contributed by atoms with Crippen LogP contribution < -0.4 is 0 Å². The standard InChI is InChI=1S/C17H19NO/c1-3-13-4-6-15-14(12-13)5-7-16(18-15)17(2)8-10-19-11-9-17/h3-7,12H,1,8-11H2,2H3. The summed E-state index contributed by atoms with van der Waals surface area (Å²) in [5.41, 5.74) is 3.55. The van der Waals surface area contributed by atoms with Gasteiger partial charge in [-0.3, -0.25) is 4.98 Å². The lowest BCUT2D eigenvalue weighted by molar-refractivity contribution is 0.0551. The van der Waals surface area contributed by atoms with Gasteiger partial charge < -0.3 is 4.74 Å². The van der Waals surface area contributed by atoms with Gasteiger partial charge in [0.05, 0.1) is 5.52 Å². The molecule has 0 bridgehead atoms. The van der Waals surface area contributed by atoms with Crippen LogP contribution in [0.4, 0.5) is 0 Å². The second-order valence-corrected chi connectivity index (χ2v) is 5.53. The summed E-state index contributed by atoms with van der Waals surface area (Å²) in [7, 11) is 0. The minimum atomic E-state index is 0.156. The first-order chi connectivity index (χ1) is 9.21. The molecule has 98 valence electrons. The number of aromatic nitrogens is 1. The van der Waals surface area contributed by atoms with Gasteiger partial charge in [-0.2, -0.15) is 0 Å². The molecule has 2 heterocycles. The molecule has 2 aromatic rings. The Bertz CT molecular complexity index is 612. The van der Waals surface area contributed by atoms with Crippen LogP contribution in [0.1, 0.15) is 31.0 Å². The van der Waals surface area contributed by atoms with Crippen molar-refractivity contribution in [3.05, 3.63) is 48.2 Å². The van der Waals surface area contributed by atoms with E-state index in [9.17, 15) is 0 Å². The van der Waals surface area contributed by atoms with E-state index in [1.165, 1.54) is 11.1 Å². The Hall–Kier alpha value is -1.67. The molecule has 0 amide bonds. The molecule has 1 aromatic carbocycles. The van der Waals surface area contributed by atoms with Crippen LogP contribution in [0.3, 0.4) is 0 Å². The predicted molar refractivity (Wildman–Crippen MR) is 79.2 cm³/mol. The highest BCUT2D eigenvalue weighted by atomic mass is 16.5. The molecule has 1 aromatic heterocycles. The molecule has 1 fully saturated rings. The van der Waals surface area contributed by atoms with Crippen molar-refractivity contribution in [2.24, 2.45) is 0 Å². The molecule has 0 atom stereocenters. The smallest absolute Gasteiger partial charge is 0.0705 e. The molecule has 0 radical (unpaired) electrons. The van der Waals surface area contributed by atoms with Crippen LogP contribution in [0.15, 0.2) is 36.9 Å². The maximum absolute atomic E-state index is 5.47. The molecular formula is C17H19NO. The van der Waals surface area contributed by atoms with Gasteiger partial charge in [0.25, 0.3) is 0 Å². The molecule has 1 aliphatic heterocycles. The number of rotatable bonds is 2. The molecule has 0 spiro atoms. The zero-order chi connectivity index (χ0) is 13.3. The molecule has 0 saturated carbocycles. The van der Waals surface area contributed by atoms with Crippen LogP contribution in [-0.4, -0.2) is 18.2 Å². The van der Waals surface area contributed by atoms with Crippen LogP contribution in [0.25, 0.3) is 17.0 Å². The molecule has 0 aliphatic carbocycles. The molecule has 1 aliphatic rings. The number of hydrogen-bond donors (Lipinski definition) is 0. The van der Waals surface area contributed by atoms with E-state index in [-0.39, 0.29) is 5.41 Å². The van der Waals surface area contributed by atoms with Crippen LogP contribution in [0.5, 0.6) is 0 Å². The first-order valence-corrected chi connectivity index (χ1v) is 6.83. The number of fused-ring (bicyclic) bond motifs is 1. The number of nitrogens with zero attached hydrogens (tertiary/aromatic N) is 1. The maximum Gasteiger partial charge on any atom is 0.0705 e. The van der Waals surface area contributed by atoms with E-state index in [1.54, 1.807) is 0 Å². The summed E-state index contributed by atoms with van der Waals surface area (Å²) in [5.74, 6) is 0. The van der Waals surface area contributed by atoms with Crippen molar-refractivity contribution in [3.63, 3.8) is 0 Å². The quantitative estimate of drug-likeness (QED) is 0.808. The Kier molecular flexibility index (Phi) is 3.11. The Morgan fingerprint density at radius 1 is 1.21 bits per heavy atom. The van der Waals surface area contributed by atoms with Crippen LogP contribution >= 0.6 is 0 Å². The fraction of sp³-hybridized carbons (Fsp3) is 0.353. The zero-order valence-corrected chi connectivity index (χ0v) is 11.4. The van der Waals surface area contributed by atoms with Gasteiger partial charge in [-0.1, -0.05) is 31.7 Å². The molecule has 2 nitrogen and oxygen atoms in total. The van der Waals surface area contributed by atoms with Gasteiger partial charge >= 0.3 is 0 Å². The molecule has 0 N–H and O–H groups in total. The monoisotopic (exact) mass is 253 g/mol. The van der Waals surface area contributed by atoms with Crippen molar-refractivity contribution < 1.29 is 4.74 Å². The highest BCUT2D eigenvalue weighted by Gasteiger charge is 2.30. The van der Waals surface area contributed by atoms with Gasteiger partial charge in [0, 0.05) is 29.7 Å². The minimum Gasteiger partial charge on any atom is -0.381 e. The van der Waals surface area contributed by atoms with Crippen molar-refractivity contribution >= 4 is 17.0 Å². The van der Waals surface area contributed by atoms with Gasteiger partial charge in [0.15, 0.2) is 0 Å². The van der Waals surface area contributed by atoms with E-state index in [0.717, 1.165) is 37.1 Å². The highest BCUT2D eigenvalue weighted by molar-refractivity contribution is 5.81. The van der Waals surface area contributed by atoms with E-state index in [4.69, 9.17) is 9.72 Å². The molecule has 1 saturated heterocycles. The number of benzene rings is 1. The molecule has 3 rings (SSSR count). The fourth-order valence-corrected chi connectivity index (χ4v) is 2.69. The average Bonchev–Trinajstić information content (AvgIpc) is 2.47. The summed E-state index contributed by atoms with van der Waals surface area (Å²) in [4.78, 5) is 4.86. The molecular weight excluding hydrogens is 234 g/mol. The van der Waals surface area contributed by atoms with Crippen molar-refractivity contribution in [2.45, 2.75) is 25.2 Å².